The van der Waals surface area contributed by atoms with E-state index in [0.29, 0.717) is 31.2 Å². The molecule has 2 heterocycles. The average Bonchev–Trinajstić information content (AvgIpc) is 2.80. The quantitative estimate of drug-likeness (QED) is 0.854. The SMILES string of the molecule is Cc1nc(C(C)(C)C)[nH]c(=O)c1C(=O)N1CCC(C)(CN)C1.Cl. The van der Waals surface area contributed by atoms with E-state index in [2.05, 4.69) is 16.9 Å². The van der Waals surface area contributed by atoms with Crippen LogP contribution >= 0.6 is 12.4 Å². The summed E-state index contributed by atoms with van der Waals surface area (Å²) >= 11 is 0. The number of amides is 1. The number of aromatic amines is 1. The molecule has 0 aliphatic carbocycles. The fraction of sp³-hybridized carbons (Fsp3) is 0.688. The van der Waals surface area contributed by atoms with Crippen molar-refractivity contribution in [1.29, 1.82) is 0 Å². The monoisotopic (exact) mass is 342 g/mol. The predicted octanol–water partition coefficient (Wildman–Crippen LogP) is 1.61. The summed E-state index contributed by atoms with van der Waals surface area (Å²) in [6.45, 7) is 11.5. The molecule has 130 valence electrons. The van der Waals surface area contributed by atoms with E-state index in [0.717, 1.165) is 6.42 Å². The van der Waals surface area contributed by atoms with Crippen LogP contribution in [-0.2, 0) is 5.41 Å². The number of carbonyl (C=O) groups is 1. The Balaban J connectivity index is 0.00000264. The summed E-state index contributed by atoms with van der Waals surface area (Å²) in [5.41, 5.74) is 5.73. The number of aromatic nitrogens is 2. The van der Waals surface area contributed by atoms with E-state index in [4.69, 9.17) is 5.73 Å². The molecule has 1 amide bonds. The molecule has 1 fully saturated rings. The number of likely N-dealkylation sites (tertiary alicyclic amines) is 1. The number of nitrogens with two attached hydrogens (primary N) is 1. The second kappa shape index (κ2) is 6.61. The van der Waals surface area contributed by atoms with Crippen molar-refractivity contribution in [3.8, 4) is 0 Å². The van der Waals surface area contributed by atoms with E-state index in [1.54, 1.807) is 11.8 Å². The van der Waals surface area contributed by atoms with Gasteiger partial charge in [0.1, 0.15) is 11.4 Å². The lowest BCUT2D eigenvalue weighted by Crippen LogP contribution is -2.38. The highest BCUT2D eigenvalue weighted by atomic mass is 35.5. The van der Waals surface area contributed by atoms with E-state index >= 15 is 0 Å². The van der Waals surface area contributed by atoms with E-state index in [1.807, 2.05) is 20.8 Å². The maximum atomic E-state index is 12.7. The number of rotatable bonds is 2. The third-order valence-corrected chi connectivity index (χ3v) is 4.36. The Morgan fingerprint density at radius 3 is 2.48 bits per heavy atom. The lowest BCUT2D eigenvalue weighted by molar-refractivity contribution is 0.0773. The first-order valence-electron chi connectivity index (χ1n) is 7.68. The van der Waals surface area contributed by atoms with Crippen LogP contribution in [0.4, 0.5) is 0 Å². The van der Waals surface area contributed by atoms with Gasteiger partial charge in [-0.25, -0.2) is 4.98 Å². The van der Waals surface area contributed by atoms with Crippen LogP contribution < -0.4 is 11.3 Å². The van der Waals surface area contributed by atoms with Crippen LogP contribution in [0.3, 0.4) is 0 Å². The third kappa shape index (κ3) is 3.93. The summed E-state index contributed by atoms with van der Waals surface area (Å²) in [7, 11) is 0. The zero-order chi connectivity index (χ0) is 16.7. The highest BCUT2D eigenvalue weighted by Crippen LogP contribution is 2.29. The predicted molar refractivity (Wildman–Crippen MR) is 93.2 cm³/mol. The first-order chi connectivity index (χ1) is 10.1. The fourth-order valence-electron chi connectivity index (χ4n) is 2.71. The fourth-order valence-corrected chi connectivity index (χ4v) is 2.71. The number of H-pyrrole nitrogens is 1. The molecule has 1 unspecified atom stereocenters. The number of halogens is 1. The van der Waals surface area contributed by atoms with Gasteiger partial charge in [0.25, 0.3) is 11.5 Å². The molecule has 1 atom stereocenters. The number of nitrogens with zero attached hydrogens (tertiary/aromatic N) is 2. The maximum absolute atomic E-state index is 12.7. The van der Waals surface area contributed by atoms with Crippen molar-refractivity contribution in [2.45, 2.75) is 46.5 Å². The highest BCUT2D eigenvalue weighted by molar-refractivity contribution is 5.95. The van der Waals surface area contributed by atoms with Gasteiger partial charge in [-0.05, 0) is 25.3 Å². The van der Waals surface area contributed by atoms with Crippen LogP contribution in [0.5, 0.6) is 0 Å². The van der Waals surface area contributed by atoms with Gasteiger partial charge in [-0.1, -0.05) is 27.7 Å². The Labute approximate surface area is 143 Å². The number of hydrogen-bond donors (Lipinski definition) is 2. The molecular formula is C16H27ClN4O2. The van der Waals surface area contributed by atoms with Crippen LogP contribution in [0.15, 0.2) is 4.79 Å². The van der Waals surface area contributed by atoms with Crippen LogP contribution in [0.1, 0.15) is 56.0 Å². The highest BCUT2D eigenvalue weighted by Gasteiger charge is 2.36. The second-order valence-electron chi connectivity index (χ2n) is 7.62. The van der Waals surface area contributed by atoms with Crippen LogP contribution in [0.2, 0.25) is 0 Å². The van der Waals surface area contributed by atoms with Crippen LogP contribution in [-0.4, -0.2) is 40.4 Å². The molecular weight excluding hydrogens is 316 g/mol. The van der Waals surface area contributed by atoms with E-state index in [-0.39, 0.29) is 40.3 Å². The largest absolute Gasteiger partial charge is 0.338 e. The standard InChI is InChI=1S/C16H26N4O2.ClH/c1-10-11(12(21)19-14(18-10)15(2,3)4)13(22)20-7-6-16(5,8-17)9-20;/h6-9,17H2,1-5H3,(H,18,19,21);1H. The molecule has 0 radical (unpaired) electrons. The molecule has 3 N–H and O–H groups in total. The maximum Gasteiger partial charge on any atom is 0.264 e. The zero-order valence-electron chi connectivity index (χ0n) is 14.5. The lowest BCUT2D eigenvalue weighted by Gasteiger charge is -2.23. The number of nitrogens with one attached hydrogen (secondary N) is 1. The van der Waals surface area contributed by atoms with Crippen molar-refractivity contribution in [2.75, 3.05) is 19.6 Å². The van der Waals surface area contributed by atoms with Gasteiger partial charge in [0, 0.05) is 18.5 Å². The number of aryl methyl sites for hydroxylation is 1. The molecule has 23 heavy (non-hydrogen) atoms. The Kier molecular flexibility index (Phi) is 5.65. The van der Waals surface area contributed by atoms with Crippen LogP contribution in [0.25, 0.3) is 0 Å². The van der Waals surface area contributed by atoms with Gasteiger partial charge in [0.15, 0.2) is 0 Å². The minimum absolute atomic E-state index is 0. The minimum Gasteiger partial charge on any atom is -0.338 e. The van der Waals surface area contributed by atoms with Crippen molar-refractivity contribution >= 4 is 18.3 Å². The van der Waals surface area contributed by atoms with E-state index in [1.165, 1.54) is 0 Å². The van der Waals surface area contributed by atoms with Crippen LogP contribution in [0, 0.1) is 12.3 Å². The summed E-state index contributed by atoms with van der Waals surface area (Å²) in [5, 5.41) is 0. The molecule has 2 rings (SSSR count). The average molecular weight is 343 g/mol. The molecule has 6 nitrogen and oxygen atoms in total. The Hall–Kier alpha value is -1.40. The third-order valence-electron chi connectivity index (χ3n) is 4.36. The summed E-state index contributed by atoms with van der Waals surface area (Å²) in [4.78, 5) is 33.9. The van der Waals surface area contributed by atoms with Gasteiger partial charge in [0.05, 0.1) is 5.69 Å². The molecule has 0 aromatic carbocycles. The van der Waals surface area contributed by atoms with Gasteiger partial charge in [-0.15, -0.1) is 12.4 Å². The minimum atomic E-state index is -0.358. The van der Waals surface area contributed by atoms with E-state index < -0.39 is 0 Å². The molecule has 0 bridgehead atoms. The van der Waals surface area contributed by atoms with Crippen molar-refractivity contribution in [2.24, 2.45) is 11.1 Å². The van der Waals surface area contributed by atoms with Gasteiger partial charge in [-0.3, -0.25) is 9.59 Å². The molecule has 1 saturated heterocycles. The van der Waals surface area contributed by atoms with Gasteiger partial charge >= 0.3 is 0 Å². The summed E-state index contributed by atoms with van der Waals surface area (Å²) < 4.78 is 0. The molecule has 7 heteroatoms. The zero-order valence-corrected chi connectivity index (χ0v) is 15.3. The molecule has 1 aromatic rings. The smallest absolute Gasteiger partial charge is 0.264 e. The van der Waals surface area contributed by atoms with Gasteiger partial charge in [-0.2, -0.15) is 0 Å². The first kappa shape index (κ1) is 19.6. The van der Waals surface area contributed by atoms with Crippen molar-refractivity contribution < 1.29 is 4.79 Å². The van der Waals surface area contributed by atoms with E-state index in [9.17, 15) is 9.59 Å². The summed E-state index contributed by atoms with van der Waals surface area (Å²) in [6.07, 6.45) is 0.861. The van der Waals surface area contributed by atoms with Gasteiger partial charge < -0.3 is 15.6 Å². The Morgan fingerprint density at radius 2 is 2.04 bits per heavy atom. The van der Waals surface area contributed by atoms with Crippen molar-refractivity contribution in [1.82, 2.24) is 14.9 Å². The normalized spacial score (nSPS) is 21.2. The molecule has 1 aromatic heterocycles. The van der Waals surface area contributed by atoms with Crippen molar-refractivity contribution in [3.05, 3.63) is 27.4 Å². The van der Waals surface area contributed by atoms with Gasteiger partial charge in [0.2, 0.25) is 0 Å². The molecule has 0 spiro atoms. The molecule has 1 aliphatic rings. The molecule has 1 aliphatic heterocycles. The van der Waals surface area contributed by atoms with Crippen molar-refractivity contribution in [3.63, 3.8) is 0 Å². The second-order valence-corrected chi connectivity index (χ2v) is 7.62. The lowest BCUT2D eigenvalue weighted by atomic mass is 9.90. The topological polar surface area (TPSA) is 92.1 Å². The Bertz CT molecular complexity index is 650. The molecule has 0 saturated carbocycles. The summed E-state index contributed by atoms with van der Waals surface area (Å²) in [5.74, 6) is 0.351. The summed E-state index contributed by atoms with van der Waals surface area (Å²) in [6, 6.07) is 0. The first-order valence-corrected chi connectivity index (χ1v) is 7.68. The Morgan fingerprint density at radius 1 is 1.43 bits per heavy atom. The number of hydrogen-bond acceptors (Lipinski definition) is 4. The number of carbonyl (C=O) groups excluding carboxylic acids is 1.